The van der Waals surface area contributed by atoms with Crippen LogP contribution in [0.4, 0.5) is 5.82 Å². The van der Waals surface area contributed by atoms with Gasteiger partial charge in [-0.3, -0.25) is 0 Å². The van der Waals surface area contributed by atoms with Gasteiger partial charge in [-0.05, 0) is 31.5 Å². The van der Waals surface area contributed by atoms with Crippen LogP contribution in [0.3, 0.4) is 0 Å². The first-order valence-electron chi connectivity index (χ1n) is 6.71. The Balaban J connectivity index is 1.74. The summed E-state index contributed by atoms with van der Waals surface area (Å²) in [6.45, 7) is 1.66. The van der Waals surface area contributed by atoms with Crippen LogP contribution in [0, 0.1) is 0 Å². The van der Waals surface area contributed by atoms with E-state index < -0.39 is 0 Å². The molecule has 1 aromatic carbocycles. The zero-order valence-electron chi connectivity index (χ0n) is 10.8. The summed E-state index contributed by atoms with van der Waals surface area (Å²) in [5.41, 5.74) is 7.49. The van der Waals surface area contributed by atoms with Gasteiger partial charge in [0, 0.05) is 6.04 Å². The van der Waals surface area contributed by atoms with Crippen molar-refractivity contribution in [1.82, 2.24) is 15.3 Å². The molecule has 1 aromatic heterocycles. The Labute approximate surface area is 112 Å². The smallest absolute Gasteiger partial charge is 0.257 e. The molecular weight excluding hydrogens is 240 g/mol. The lowest BCUT2D eigenvalue weighted by atomic mass is 10.1. The van der Waals surface area contributed by atoms with Crippen molar-refractivity contribution in [3.05, 3.63) is 24.3 Å². The van der Waals surface area contributed by atoms with Crippen LogP contribution < -0.4 is 15.8 Å². The molecule has 0 amide bonds. The minimum Gasteiger partial charge on any atom is -0.473 e. The molecule has 2 heterocycles. The van der Waals surface area contributed by atoms with Gasteiger partial charge in [0.2, 0.25) is 0 Å². The first kappa shape index (κ1) is 12.2. The SMILES string of the molecule is Nc1nc2ccccc2nc1OC[C@H]1CCCCN1. The second-order valence-corrected chi connectivity index (χ2v) is 4.86. The van der Waals surface area contributed by atoms with Gasteiger partial charge < -0.3 is 15.8 Å². The molecule has 0 spiro atoms. The molecule has 1 atom stereocenters. The van der Waals surface area contributed by atoms with Gasteiger partial charge in [-0.1, -0.05) is 18.6 Å². The zero-order chi connectivity index (χ0) is 13.1. The van der Waals surface area contributed by atoms with Crippen molar-refractivity contribution in [1.29, 1.82) is 0 Å². The molecule has 0 unspecified atom stereocenters. The van der Waals surface area contributed by atoms with E-state index in [1.807, 2.05) is 24.3 Å². The predicted molar refractivity (Wildman–Crippen MR) is 75.1 cm³/mol. The number of nitrogens with zero attached hydrogens (tertiary/aromatic N) is 2. The second-order valence-electron chi connectivity index (χ2n) is 4.86. The molecule has 3 rings (SSSR count). The van der Waals surface area contributed by atoms with E-state index in [1.54, 1.807) is 0 Å². The van der Waals surface area contributed by atoms with Crippen molar-refractivity contribution < 1.29 is 4.74 Å². The van der Waals surface area contributed by atoms with Crippen LogP contribution in [0.15, 0.2) is 24.3 Å². The molecule has 0 aliphatic carbocycles. The average molecular weight is 258 g/mol. The monoisotopic (exact) mass is 258 g/mol. The van der Waals surface area contributed by atoms with Gasteiger partial charge in [-0.15, -0.1) is 0 Å². The third-order valence-corrected chi connectivity index (χ3v) is 3.40. The number of anilines is 1. The quantitative estimate of drug-likeness (QED) is 0.877. The number of rotatable bonds is 3. The minimum absolute atomic E-state index is 0.356. The number of piperidine rings is 1. The van der Waals surface area contributed by atoms with E-state index in [4.69, 9.17) is 10.5 Å². The lowest BCUT2D eigenvalue weighted by Gasteiger charge is -2.23. The van der Waals surface area contributed by atoms with Crippen molar-refractivity contribution >= 4 is 16.9 Å². The highest BCUT2D eigenvalue weighted by Crippen LogP contribution is 2.21. The molecule has 5 heteroatoms. The summed E-state index contributed by atoms with van der Waals surface area (Å²) >= 11 is 0. The van der Waals surface area contributed by atoms with Crippen LogP contribution >= 0.6 is 0 Å². The van der Waals surface area contributed by atoms with Crippen molar-refractivity contribution in [3.63, 3.8) is 0 Å². The molecular formula is C14H18N4O. The molecule has 0 bridgehead atoms. The highest BCUT2D eigenvalue weighted by atomic mass is 16.5. The van der Waals surface area contributed by atoms with Crippen LogP contribution in [-0.2, 0) is 0 Å². The fraction of sp³-hybridized carbons (Fsp3) is 0.429. The van der Waals surface area contributed by atoms with Gasteiger partial charge >= 0.3 is 0 Å². The van der Waals surface area contributed by atoms with E-state index in [1.165, 1.54) is 12.8 Å². The van der Waals surface area contributed by atoms with E-state index in [0.717, 1.165) is 24.0 Å². The molecule has 2 aromatic rings. The number of ether oxygens (including phenoxy) is 1. The van der Waals surface area contributed by atoms with Crippen LogP contribution in [0.5, 0.6) is 5.88 Å². The van der Waals surface area contributed by atoms with Gasteiger partial charge in [-0.2, -0.15) is 0 Å². The average Bonchev–Trinajstić information content (AvgIpc) is 2.46. The molecule has 5 nitrogen and oxygen atoms in total. The number of nitrogen functional groups attached to an aromatic ring is 1. The maximum atomic E-state index is 5.88. The van der Waals surface area contributed by atoms with Crippen LogP contribution in [0.2, 0.25) is 0 Å². The van der Waals surface area contributed by atoms with Crippen molar-refractivity contribution in [2.75, 3.05) is 18.9 Å². The van der Waals surface area contributed by atoms with Crippen LogP contribution in [-0.4, -0.2) is 29.2 Å². The summed E-state index contributed by atoms with van der Waals surface area (Å²) in [6, 6.07) is 8.04. The zero-order valence-corrected chi connectivity index (χ0v) is 10.8. The van der Waals surface area contributed by atoms with Gasteiger partial charge in [-0.25, -0.2) is 9.97 Å². The van der Waals surface area contributed by atoms with Crippen molar-refractivity contribution in [2.24, 2.45) is 0 Å². The number of hydrogen-bond acceptors (Lipinski definition) is 5. The maximum Gasteiger partial charge on any atom is 0.257 e. The van der Waals surface area contributed by atoms with E-state index in [-0.39, 0.29) is 0 Å². The lowest BCUT2D eigenvalue weighted by Crippen LogP contribution is -2.38. The number of benzene rings is 1. The van der Waals surface area contributed by atoms with Crippen LogP contribution in [0.25, 0.3) is 11.0 Å². The first-order chi connectivity index (χ1) is 9.33. The van der Waals surface area contributed by atoms with E-state index >= 15 is 0 Å². The minimum atomic E-state index is 0.356. The van der Waals surface area contributed by atoms with Crippen molar-refractivity contribution in [3.8, 4) is 5.88 Å². The fourth-order valence-corrected chi connectivity index (χ4v) is 2.35. The van der Waals surface area contributed by atoms with Crippen LogP contribution in [0.1, 0.15) is 19.3 Å². The number of nitrogens with one attached hydrogen (secondary N) is 1. The maximum absolute atomic E-state index is 5.88. The van der Waals surface area contributed by atoms with Gasteiger partial charge in [0.15, 0.2) is 5.82 Å². The van der Waals surface area contributed by atoms with E-state index in [0.29, 0.717) is 24.3 Å². The molecule has 1 aliphatic rings. The summed E-state index contributed by atoms with van der Waals surface area (Å²) in [5, 5.41) is 3.43. The van der Waals surface area contributed by atoms with Gasteiger partial charge in [0.1, 0.15) is 6.61 Å². The topological polar surface area (TPSA) is 73.1 Å². The molecule has 0 radical (unpaired) electrons. The number of para-hydroxylation sites is 2. The van der Waals surface area contributed by atoms with Gasteiger partial charge in [0.05, 0.1) is 11.0 Å². The Hall–Kier alpha value is -1.88. The Morgan fingerprint density at radius 2 is 2.00 bits per heavy atom. The normalized spacial score (nSPS) is 19.5. The largest absolute Gasteiger partial charge is 0.473 e. The Bertz CT molecular complexity index is 566. The highest BCUT2D eigenvalue weighted by Gasteiger charge is 2.14. The summed E-state index contributed by atoms with van der Waals surface area (Å²) in [6.07, 6.45) is 3.63. The van der Waals surface area contributed by atoms with Gasteiger partial charge in [0.25, 0.3) is 5.88 Å². The number of aromatic nitrogens is 2. The Morgan fingerprint density at radius 1 is 1.21 bits per heavy atom. The first-order valence-corrected chi connectivity index (χ1v) is 6.71. The summed E-state index contributed by atoms with van der Waals surface area (Å²) in [5.74, 6) is 0.792. The molecule has 1 aliphatic heterocycles. The highest BCUT2D eigenvalue weighted by molar-refractivity contribution is 5.76. The number of hydrogen-bond donors (Lipinski definition) is 2. The third kappa shape index (κ3) is 2.76. The van der Waals surface area contributed by atoms with Crippen molar-refractivity contribution in [2.45, 2.75) is 25.3 Å². The third-order valence-electron chi connectivity index (χ3n) is 3.40. The Kier molecular flexibility index (Phi) is 3.46. The van der Waals surface area contributed by atoms with E-state index in [2.05, 4.69) is 15.3 Å². The fourth-order valence-electron chi connectivity index (χ4n) is 2.35. The summed E-state index contributed by atoms with van der Waals surface area (Å²) < 4.78 is 5.72. The number of nitrogens with two attached hydrogens (primary N) is 1. The van der Waals surface area contributed by atoms with E-state index in [9.17, 15) is 0 Å². The number of fused-ring (bicyclic) bond motifs is 1. The predicted octanol–water partition coefficient (Wildman–Crippen LogP) is 1.73. The molecule has 100 valence electrons. The summed E-state index contributed by atoms with van der Waals surface area (Å²) in [4.78, 5) is 8.73. The molecule has 19 heavy (non-hydrogen) atoms. The lowest BCUT2D eigenvalue weighted by molar-refractivity contribution is 0.233. The second kappa shape index (κ2) is 5.40. The molecule has 1 saturated heterocycles. The molecule has 3 N–H and O–H groups in total. The molecule has 0 saturated carbocycles. The standard InChI is InChI=1S/C14H18N4O/c15-13-14(19-9-10-5-3-4-8-16-10)18-12-7-2-1-6-11(12)17-13/h1-2,6-7,10,16H,3-5,8-9H2,(H2,15,17)/t10-/m1/s1. The Morgan fingerprint density at radius 3 is 2.74 bits per heavy atom. The summed E-state index contributed by atoms with van der Waals surface area (Å²) in [7, 11) is 0. The molecule has 1 fully saturated rings.